The Kier molecular flexibility index (Phi) is 4.12. The lowest BCUT2D eigenvalue weighted by Crippen LogP contribution is -2.14. The lowest BCUT2D eigenvalue weighted by Gasteiger charge is -2.18. The van der Waals surface area contributed by atoms with Gasteiger partial charge in [0.15, 0.2) is 0 Å². The van der Waals surface area contributed by atoms with Crippen LogP contribution in [0.5, 0.6) is 0 Å². The molecular formula is C10H8F3O4S-. The van der Waals surface area contributed by atoms with Crippen molar-refractivity contribution in [2.75, 3.05) is 0 Å². The Morgan fingerprint density at radius 1 is 1.44 bits per heavy atom. The third-order valence-electron chi connectivity index (χ3n) is 2.34. The molecular weight excluding hydrogens is 273 g/mol. The molecule has 0 radical (unpaired) electrons. The van der Waals surface area contributed by atoms with E-state index in [0.29, 0.717) is 6.07 Å². The molecule has 0 aliphatic carbocycles. The van der Waals surface area contributed by atoms with E-state index in [1.54, 1.807) is 0 Å². The number of hydrogen-bond donors (Lipinski definition) is 1. The summed E-state index contributed by atoms with van der Waals surface area (Å²) in [6, 6.07) is 2.35. The normalized spacial score (nSPS) is 15.2. The van der Waals surface area contributed by atoms with Crippen LogP contribution in [0.4, 0.5) is 13.2 Å². The largest absolute Gasteiger partial charge is 0.772 e. The maximum absolute atomic E-state index is 12.6. The first kappa shape index (κ1) is 14.7. The molecule has 0 saturated carbocycles. The number of aromatic carboxylic acids is 1. The lowest BCUT2D eigenvalue weighted by molar-refractivity contribution is -0.138. The molecule has 2 unspecified atom stereocenters. The van der Waals surface area contributed by atoms with Crippen LogP contribution in [0.25, 0.3) is 0 Å². The van der Waals surface area contributed by atoms with Gasteiger partial charge in [-0.25, -0.2) is 4.79 Å². The van der Waals surface area contributed by atoms with E-state index >= 15 is 0 Å². The fourth-order valence-corrected chi connectivity index (χ4v) is 1.72. The SMILES string of the molecule is CC(c1ccc(C(=O)O)c(C(F)(F)F)c1)S(=O)[O-]. The minimum Gasteiger partial charge on any atom is -0.772 e. The molecule has 0 fully saturated rings. The van der Waals surface area contributed by atoms with E-state index in [2.05, 4.69) is 0 Å². The zero-order valence-electron chi connectivity index (χ0n) is 9.02. The van der Waals surface area contributed by atoms with Gasteiger partial charge >= 0.3 is 12.1 Å². The predicted molar refractivity (Wildman–Crippen MR) is 55.7 cm³/mol. The predicted octanol–water partition coefficient (Wildman–Crippen LogP) is 2.34. The fourth-order valence-electron chi connectivity index (χ4n) is 1.35. The number of benzene rings is 1. The molecule has 0 aliphatic rings. The van der Waals surface area contributed by atoms with E-state index in [4.69, 9.17) is 5.11 Å². The summed E-state index contributed by atoms with van der Waals surface area (Å²) in [6.45, 7) is 1.21. The van der Waals surface area contributed by atoms with E-state index < -0.39 is 39.6 Å². The minimum atomic E-state index is -4.85. The van der Waals surface area contributed by atoms with Crippen molar-refractivity contribution >= 4 is 17.0 Å². The molecule has 0 saturated heterocycles. The first-order valence-corrected chi connectivity index (χ1v) is 5.81. The van der Waals surface area contributed by atoms with Gasteiger partial charge in [-0.3, -0.25) is 4.21 Å². The van der Waals surface area contributed by atoms with Crippen molar-refractivity contribution in [2.24, 2.45) is 0 Å². The van der Waals surface area contributed by atoms with Crippen LogP contribution in [0.1, 0.15) is 33.7 Å². The number of hydrogen-bond acceptors (Lipinski definition) is 3. The highest BCUT2D eigenvalue weighted by Crippen LogP contribution is 2.34. The van der Waals surface area contributed by atoms with Crippen LogP contribution in [-0.2, 0) is 17.3 Å². The monoisotopic (exact) mass is 281 g/mol. The van der Waals surface area contributed by atoms with Gasteiger partial charge in [0.1, 0.15) is 0 Å². The molecule has 1 rings (SSSR count). The number of carboxylic acid groups (broad SMARTS) is 1. The average Bonchev–Trinajstić information content (AvgIpc) is 2.25. The second-order valence-corrected chi connectivity index (χ2v) is 4.74. The zero-order valence-corrected chi connectivity index (χ0v) is 9.84. The van der Waals surface area contributed by atoms with Crippen molar-refractivity contribution in [1.29, 1.82) is 0 Å². The Morgan fingerprint density at radius 2 is 2.00 bits per heavy atom. The Labute approximate surface area is 103 Å². The van der Waals surface area contributed by atoms with Gasteiger partial charge in [0.2, 0.25) is 0 Å². The van der Waals surface area contributed by atoms with E-state index in [0.717, 1.165) is 12.1 Å². The molecule has 0 heterocycles. The Hall–Kier alpha value is -1.41. The summed E-state index contributed by atoms with van der Waals surface area (Å²) < 4.78 is 59.3. The van der Waals surface area contributed by atoms with Gasteiger partial charge in [-0.1, -0.05) is 6.07 Å². The van der Waals surface area contributed by atoms with Gasteiger partial charge in [0.25, 0.3) is 0 Å². The third-order valence-corrected chi connectivity index (χ3v) is 3.19. The van der Waals surface area contributed by atoms with Crippen molar-refractivity contribution in [1.82, 2.24) is 0 Å². The molecule has 0 aliphatic heterocycles. The van der Waals surface area contributed by atoms with Gasteiger partial charge in [0, 0.05) is 5.25 Å². The maximum Gasteiger partial charge on any atom is 0.417 e. The van der Waals surface area contributed by atoms with Crippen LogP contribution in [0.3, 0.4) is 0 Å². The summed E-state index contributed by atoms with van der Waals surface area (Å²) in [6.07, 6.45) is -4.85. The van der Waals surface area contributed by atoms with Gasteiger partial charge < -0.3 is 9.66 Å². The van der Waals surface area contributed by atoms with Crippen LogP contribution in [-0.4, -0.2) is 19.8 Å². The molecule has 0 bridgehead atoms. The molecule has 18 heavy (non-hydrogen) atoms. The fraction of sp³-hybridized carbons (Fsp3) is 0.300. The molecule has 100 valence electrons. The van der Waals surface area contributed by atoms with Gasteiger partial charge in [0.05, 0.1) is 11.1 Å². The van der Waals surface area contributed by atoms with Gasteiger partial charge in [-0.05, 0) is 35.7 Å². The Bertz CT molecular complexity index is 498. The first-order valence-electron chi connectivity index (χ1n) is 4.67. The molecule has 4 nitrogen and oxygen atoms in total. The smallest absolute Gasteiger partial charge is 0.417 e. The summed E-state index contributed by atoms with van der Waals surface area (Å²) >= 11 is -2.58. The molecule has 8 heteroatoms. The van der Waals surface area contributed by atoms with Crippen LogP contribution in [0.2, 0.25) is 0 Å². The molecule has 0 amide bonds. The number of alkyl halides is 3. The van der Waals surface area contributed by atoms with Crippen LogP contribution >= 0.6 is 0 Å². The maximum atomic E-state index is 12.6. The van der Waals surface area contributed by atoms with Crippen molar-refractivity contribution < 1.29 is 31.8 Å². The van der Waals surface area contributed by atoms with E-state index in [9.17, 15) is 26.7 Å². The van der Waals surface area contributed by atoms with Crippen LogP contribution < -0.4 is 0 Å². The summed E-state index contributed by atoms with van der Waals surface area (Å²) in [7, 11) is 0. The Balaban J connectivity index is 3.39. The lowest BCUT2D eigenvalue weighted by atomic mass is 10.0. The highest BCUT2D eigenvalue weighted by Gasteiger charge is 2.35. The molecule has 0 aromatic heterocycles. The first-order chi connectivity index (χ1) is 8.14. The van der Waals surface area contributed by atoms with Crippen LogP contribution in [0, 0.1) is 0 Å². The van der Waals surface area contributed by atoms with Crippen molar-refractivity contribution in [2.45, 2.75) is 18.3 Å². The molecule has 1 N–H and O–H groups in total. The van der Waals surface area contributed by atoms with Gasteiger partial charge in [-0.15, -0.1) is 0 Å². The summed E-state index contributed by atoms with van der Waals surface area (Å²) in [4.78, 5) is 10.7. The molecule has 0 spiro atoms. The Morgan fingerprint density at radius 3 is 2.39 bits per heavy atom. The second kappa shape index (κ2) is 5.07. The molecule has 1 aromatic rings. The van der Waals surface area contributed by atoms with Crippen molar-refractivity contribution in [3.63, 3.8) is 0 Å². The highest BCUT2D eigenvalue weighted by molar-refractivity contribution is 7.79. The molecule has 1 aromatic carbocycles. The second-order valence-electron chi connectivity index (χ2n) is 3.51. The van der Waals surface area contributed by atoms with E-state index in [1.165, 1.54) is 6.92 Å². The number of carbonyl (C=O) groups is 1. The minimum absolute atomic E-state index is 0.111. The topological polar surface area (TPSA) is 77.4 Å². The van der Waals surface area contributed by atoms with E-state index in [-0.39, 0.29) is 5.56 Å². The number of carboxylic acids is 1. The van der Waals surface area contributed by atoms with Gasteiger partial charge in [-0.2, -0.15) is 13.2 Å². The summed E-state index contributed by atoms with van der Waals surface area (Å²) in [5.74, 6) is -1.72. The van der Waals surface area contributed by atoms with Crippen molar-refractivity contribution in [3.05, 3.63) is 34.9 Å². The quantitative estimate of drug-likeness (QED) is 0.863. The van der Waals surface area contributed by atoms with Crippen molar-refractivity contribution in [3.8, 4) is 0 Å². The van der Waals surface area contributed by atoms with Crippen LogP contribution in [0.15, 0.2) is 18.2 Å². The molecule has 2 atom stereocenters. The number of rotatable bonds is 3. The average molecular weight is 281 g/mol. The zero-order chi connectivity index (χ0) is 14.1. The third kappa shape index (κ3) is 3.08. The number of halogens is 3. The summed E-state index contributed by atoms with van der Waals surface area (Å²) in [5, 5.41) is 7.50. The highest BCUT2D eigenvalue weighted by atomic mass is 32.2. The standard InChI is InChI=1S/C10H9F3O4S/c1-5(18(16)17)6-2-3-7(9(14)15)8(4-6)10(11,12)13/h2-5H,1H3,(H,14,15)(H,16,17)/p-1. The van der Waals surface area contributed by atoms with E-state index in [1.807, 2.05) is 0 Å². The summed E-state index contributed by atoms with van der Waals surface area (Å²) in [5.41, 5.74) is -2.37.